The number of benzene rings is 3. The molecule has 7 heteroatoms. The van der Waals surface area contributed by atoms with Crippen LogP contribution in [0.25, 0.3) is 6.08 Å². The van der Waals surface area contributed by atoms with Gasteiger partial charge in [-0.2, -0.15) is 5.01 Å². The van der Waals surface area contributed by atoms with E-state index >= 15 is 0 Å². The van der Waals surface area contributed by atoms with E-state index in [-0.39, 0.29) is 16.1 Å². The summed E-state index contributed by atoms with van der Waals surface area (Å²) in [5, 5.41) is 1.12. The SMILES string of the molecule is Cc1ccc(C(=O)NN2C(=O)/C(=C/c3ccc(OCc4ccccc4C)cc3)SC2=S)cc1. The molecule has 0 aromatic heterocycles. The third-order valence-electron chi connectivity index (χ3n) is 5.15. The van der Waals surface area contributed by atoms with E-state index in [1.165, 1.54) is 5.56 Å². The van der Waals surface area contributed by atoms with Crippen molar-refractivity contribution < 1.29 is 14.3 Å². The quantitative estimate of drug-likeness (QED) is 0.381. The molecule has 0 radical (unpaired) electrons. The molecule has 0 bridgehead atoms. The predicted octanol–water partition coefficient (Wildman–Crippen LogP) is 5.43. The van der Waals surface area contributed by atoms with Gasteiger partial charge in [0.2, 0.25) is 0 Å². The highest BCUT2D eigenvalue weighted by Gasteiger charge is 2.33. The second kappa shape index (κ2) is 10.0. The summed E-state index contributed by atoms with van der Waals surface area (Å²) >= 11 is 6.46. The average molecular weight is 475 g/mol. The lowest BCUT2D eigenvalue weighted by molar-refractivity contribution is -0.123. The van der Waals surface area contributed by atoms with Crippen molar-refractivity contribution in [2.75, 3.05) is 0 Å². The largest absolute Gasteiger partial charge is 0.489 e. The number of rotatable bonds is 6. The van der Waals surface area contributed by atoms with Gasteiger partial charge < -0.3 is 4.74 Å². The number of carbonyl (C=O) groups excluding carboxylic acids is 2. The van der Waals surface area contributed by atoms with E-state index < -0.39 is 0 Å². The van der Waals surface area contributed by atoms with Crippen molar-refractivity contribution in [2.24, 2.45) is 0 Å². The van der Waals surface area contributed by atoms with Crippen molar-refractivity contribution in [3.63, 3.8) is 0 Å². The number of thioether (sulfide) groups is 1. The first kappa shape index (κ1) is 22.8. The van der Waals surface area contributed by atoms with Crippen LogP contribution in [0.4, 0.5) is 0 Å². The fourth-order valence-corrected chi connectivity index (χ4v) is 4.36. The van der Waals surface area contributed by atoms with E-state index in [2.05, 4.69) is 18.4 Å². The molecule has 3 aromatic rings. The summed E-state index contributed by atoms with van der Waals surface area (Å²) < 4.78 is 6.16. The fraction of sp³-hybridized carbons (Fsp3) is 0.115. The number of nitrogens with zero attached hydrogens (tertiary/aromatic N) is 1. The first-order chi connectivity index (χ1) is 15.9. The average Bonchev–Trinajstić information content (AvgIpc) is 3.07. The van der Waals surface area contributed by atoms with E-state index in [1.807, 2.05) is 61.5 Å². The standard InChI is InChI=1S/C26H22N2O3S2/c1-17-7-11-20(12-8-17)24(29)27-28-25(30)23(33-26(28)32)15-19-9-13-22(14-10-19)31-16-21-6-4-3-5-18(21)2/h3-15H,16H2,1-2H3,(H,27,29)/b23-15-. The molecule has 0 aliphatic carbocycles. The van der Waals surface area contributed by atoms with Crippen LogP contribution in [0.1, 0.15) is 32.6 Å². The molecule has 2 amide bonds. The molecule has 0 saturated carbocycles. The Morgan fingerprint density at radius 1 is 1.03 bits per heavy atom. The van der Waals surface area contributed by atoms with Gasteiger partial charge in [0.25, 0.3) is 11.8 Å². The van der Waals surface area contributed by atoms with Crippen molar-refractivity contribution in [3.05, 3.63) is 106 Å². The molecule has 1 aliphatic rings. The molecule has 5 nitrogen and oxygen atoms in total. The minimum Gasteiger partial charge on any atom is -0.489 e. The van der Waals surface area contributed by atoms with Gasteiger partial charge in [0.05, 0.1) is 4.91 Å². The van der Waals surface area contributed by atoms with Crippen LogP contribution in [-0.4, -0.2) is 21.1 Å². The lowest BCUT2D eigenvalue weighted by Crippen LogP contribution is -2.44. The lowest BCUT2D eigenvalue weighted by atomic mass is 10.1. The van der Waals surface area contributed by atoms with Crippen LogP contribution >= 0.6 is 24.0 Å². The van der Waals surface area contributed by atoms with Crippen molar-refractivity contribution in [1.82, 2.24) is 10.4 Å². The fourth-order valence-electron chi connectivity index (χ4n) is 3.18. The van der Waals surface area contributed by atoms with Gasteiger partial charge in [-0.05, 0) is 73.1 Å². The number of aryl methyl sites for hydroxylation is 2. The molecule has 33 heavy (non-hydrogen) atoms. The highest BCUT2D eigenvalue weighted by molar-refractivity contribution is 8.26. The van der Waals surface area contributed by atoms with Crippen LogP contribution in [-0.2, 0) is 11.4 Å². The lowest BCUT2D eigenvalue weighted by Gasteiger charge is -2.15. The predicted molar refractivity (Wildman–Crippen MR) is 136 cm³/mol. The summed E-state index contributed by atoms with van der Waals surface area (Å²) in [6.45, 7) is 4.49. The molecule has 0 spiro atoms. The Bertz CT molecular complexity index is 1240. The Balaban J connectivity index is 1.40. The van der Waals surface area contributed by atoms with Crippen LogP contribution in [0.15, 0.2) is 77.7 Å². The number of hydrogen-bond acceptors (Lipinski definition) is 5. The zero-order valence-corrected chi connectivity index (χ0v) is 19.8. The summed E-state index contributed by atoms with van der Waals surface area (Å²) in [4.78, 5) is 25.7. The van der Waals surface area contributed by atoms with Crippen molar-refractivity contribution in [2.45, 2.75) is 20.5 Å². The number of thiocarbonyl (C=S) groups is 1. The van der Waals surface area contributed by atoms with E-state index in [9.17, 15) is 9.59 Å². The van der Waals surface area contributed by atoms with Crippen LogP contribution in [0.3, 0.4) is 0 Å². The Morgan fingerprint density at radius 2 is 1.73 bits per heavy atom. The molecule has 166 valence electrons. The van der Waals surface area contributed by atoms with E-state index in [1.54, 1.807) is 18.2 Å². The number of hydrogen-bond donors (Lipinski definition) is 1. The summed E-state index contributed by atoms with van der Waals surface area (Å²) in [6, 6.07) is 22.7. The Hall–Kier alpha value is -3.42. The monoisotopic (exact) mass is 474 g/mol. The van der Waals surface area contributed by atoms with Gasteiger partial charge in [-0.1, -0.05) is 65.9 Å². The molecule has 0 atom stereocenters. The molecule has 1 aliphatic heterocycles. The van der Waals surface area contributed by atoms with Crippen LogP contribution < -0.4 is 10.2 Å². The molecule has 1 N–H and O–H groups in total. The van der Waals surface area contributed by atoms with Crippen molar-refractivity contribution in [3.8, 4) is 5.75 Å². The zero-order chi connectivity index (χ0) is 23.4. The third kappa shape index (κ3) is 5.50. The second-order valence-electron chi connectivity index (χ2n) is 7.61. The summed E-state index contributed by atoms with van der Waals surface area (Å²) in [5.41, 5.74) is 7.26. The summed E-state index contributed by atoms with van der Waals surface area (Å²) in [6.07, 6.45) is 1.75. The minimum atomic E-state index is -0.386. The van der Waals surface area contributed by atoms with Gasteiger partial charge in [0.1, 0.15) is 12.4 Å². The molecular formula is C26H22N2O3S2. The van der Waals surface area contributed by atoms with Crippen LogP contribution in [0, 0.1) is 13.8 Å². The number of amides is 2. The maximum Gasteiger partial charge on any atom is 0.285 e. The Labute approximate surface area is 202 Å². The first-order valence-corrected chi connectivity index (χ1v) is 11.6. The molecule has 1 saturated heterocycles. The minimum absolute atomic E-state index is 0.282. The van der Waals surface area contributed by atoms with Crippen molar-refractivity contribution >= 4 is 46.2 Å². The first-order valence-electron chi connectivity index (χ1n) is 10.3. The maximum atomic E-state index is 12.8. The number of carbonyl (C=O) groups is 2. The third-order valence-corrected chi connectivity index (χ3v) is 6.46. The molecule has 3 aromatic carbocycles. The van der Waals surface area contributed by atoms with Gasteiger partial charge in [-0.15, -0.1) is 0 Å². The number of hydrazine groups is 1. The smallest absolute Gasteiger partial charge is 0.285 e. The van der Waals surface area contributed by atoms with Crippen LogP contribution in [0.5, 0.6) is 5.75 Å². The molecule has 1 heterocycles. The summed E-state index contributed by atoms with van der Waals surface area (Å²) in [5.74, 6) is 0.00126. The van der Waals surface area contributed by atoms with Crippen LogP contribution in [0.2, 0.25) is 0 Å². The van der Waals surface area contributed by atoms with Gasteiger partial charge >= 0.3 is 0 Å². The topological polar surface area (TPSA) is 58.6 Å². The Morgan fingerprint density at radius 3 is 2.42 bits per heavy atom. The molecular weight excluding hydrogens is 452 g/mol. The van der Waals surface area contributed by atoms with E-state index in [0.717, 1.165) is 39.2 Å². The Kier molecular flexibility index (Phi) is 6.91. The van der Waals surface area contributed by atoms with E-state index in [0.29, 0.717) is 17.1 Å². The normalized spacial score (nSPS) is 14.6. The number of nitrogens with one attached hydrogen (secondary N) is 1. The van der Waals surface area contributed by atoms with Gasteiger partial charge in [-0.3, -0.25) is 15.0 Å². The highest BCUT2D eigenvalue weighted by atomic mass is 32.2. The van der Waals surface area contributed by atoms with Gasteiger partial charge in [0.15, 0.2) is 4.32 Å². The molecule has 0 unspecified atom stereocenters. The summed E-state index contributed by atoms with van der Waals surface area (Å²) in [7, 11) is 0. The zero-order valence-electron chi connectivity index (χ0n) is 18.2. The second-order valence-corrected chi connectivity index (χ2v) is 9.28. The van der Waals surface area contributed by atoms with Gasteiger partial charge in [0, 0.05) is 5.56 Å². The van der Waals surface area contributed by atoms with Gasteiger partial charge in [-0.25, -0.2) is 0 Å². The highest BCUT2D eigenvalue weighted by Crippen LogP contribution is 2.31. The maximum absolute atomic E-state index is 12.8. The van der Waals surface area contributed by atoms with Crippen molar-refractivity contribution in [1.29, 1.82) is 0 Å². The number of ether oxygens (including phenoxy) is 1. The molecule has 4 rings (SSSR count). The van der Waals surface area contributed by atoms with E-state index in [4.69, 9.17) is 17.0 Å². The molecule has 1 fully saturated rings.